The summed E-state index contributed by atoms with van der Waals surface area (Å²) in [5.41, 5.74) is 1.21. The Morgan fingerprint density at radius 1 is 1.21 bits per heavy atom. The normalized spacial score (nSPS) is 16.6. The lowest BCUT2D eigenvalue weighted by Crippen LogP contribution is -2.43. The topological polar surface area (TPSA) is 85.6 Å². The molecule has 4 rings (SSSR count). The highest BCUT2D eigenvalue weighted by molar-refractivity contribution is 5.80. The SMILES string of the molecule is Cc1nnc(CN=C(NCCc2ccc3c(c2)OCO3)NC2CCCC2)n1C. The molecular weight excluding hydrogens is 356 g/mol. The number of fused-ring (bicyclic) bond motifs is 1. The summed E-state index contributed by atoms with van der Waals surface area (Å²) in [6, 6.07) is 6.60. The van der Waals surface area contributed by atoms with Gasteiger partial charge in [0, 0.05) is 19.6 Å². The molecule has 1 saturated carbocycles. The molecule has 1 aromatic carbocycles. The molecule has 0 spiro atoms. The molecule has 0 unspecified atom stereocenters. The van der Waals surface area contributed by atoms with Gasteiger partial charge < -0.3 is 24.7 Å². The van der Waals surface area contributed by atoms with Crippen LogP contribution >= 0.6 is 0 Å². The first-order valence-corrected chi connectivity index (χ1v) is 9.97. The Bertz CT molecular complexity index is 841. The lowest BCUT2D eigenvalue weighted by atomic mass is 10.1. The number of aryl methyl sites for hydroxylation is 1. The minimum atomic E-state index is 0.306. The van der Waals surface area contributed by atoms with E-state index in [1.54, 1.807) is 0 Å². The molecule has 0 bridgehead atoms. The predicted octanol–water partition coefficient (Wildman–Crippen LogP) is 2.07. The fourth-order valence-corrected chi connectivity index (χ4v) is 3.58. The number of aromatic nitrogens is 3. The molecule has 1 aliphatic carbocycles. The molecule has 0 radical (unpaired) electrons. The molecule has 0 saturated heterocycles. The average molecular weight is 384 g/mol. The molecule has 8 nitrogen and oxygen atoms in total. The molecule has 1 aromatic heterocycles. The molecule has 8 heteroatoms. The Morgan fingerprint density at radius 3 is 2.82 bits per heavy atom. The third-order valence-electron chi connectivity index (χ3n) is 5.40. The summed E-state index contributed by atoms with van der Waals surface area (Å²) in [4.78, 5) is 4.75. The van der Waals surface area contributed by atoms with E-state index in [-0.39, 0.29) is 0 Å². The van der Waals surface area contributed by atoms with E-state index in [2.05, 4.69) is 26.9 Å². The van der Waals surface area contributed by atoms with Crippen LogP contribution in [0.3, 0.4) is 0 Å². The third kappa shape index (κ3) is 4.37. The maximum atomic E-state index is 5.46. The molecule has 0 atom stereocenters. The van der Waals surface area contributed by atoms with Crippen molar-refractivity contribution in [2.45, 2.75) is 51.6 Å². The van der Waals surface area contributed by atoms with Crippen molar-refractivity contribution < 1.29 is 9.47 Å². The van der Waals surface area contributed by atoms with Gasteiger partial charge in [0.25, 0.3) is 0 Å². The minimum absolute atomic E-state index is 0.306. The first-order chi connectivity index (χ1) is 13.7. The smallest absolute Gasteiger partial charge is 0.231 e. The van der Waals surface area contributed by atoms with Crippen LogP contribution in [-0.2, 0) is 20.0 Å². The van der Waals surface area contributed by atoms with E-state index < -0.39 is 0 Å². The van der Waals surface area contributed by atoms with Crippen LogP contribution < -0.4 is 20.1 Å². The molecule has 1 aliphatic heterocycles. The van der Waals surface area contributed by atoms with Crippen molar-refractivity contribution in [1.29, 1.82) is 0 Å². The van der Waals surface area contributed by atoms with Crippen LogP contribution in [0, 0.1) is 6.92 Å². The molecule has 2 heterocycles. The number of aliphatic imine (C=N–C) groups is 1. The van der Waals surface area contributed by atoms with Gasteiger partial charge in [0.15, 0.2) is 23.3 Å². The van der Waals surface area contributed by atoms with Crippen LogP contribution in [0.4, 0.5) is 0 Å². The number of guanidine groups is 1. The maximum Gasteiger partial charge on any atom is 0.231 e. The first-order valence-electron chi connectivity index (χ1n) is 9.97. The van der Waals surface area contributed by atoms with Gasteiger partial charge in [-0.3, -0.25) is 0 Å². The van der Waals surface area contributed by atoms with Crippen LogP contribution in [0.1, 0.15) is 42.9 Å². The molecule has 0 amide bonds. The molecule has 2 aliphatic rings. The Morgan fingerprint density at radius 2 is 2.04 bits per heavy atom. The van der Waals surface area contributed by atoms with Crippen molar-refractivity contribution in [1.82, 2.24) is 25.4 Å². The number of benzene rings is 1. The van der Waals surface area contributed by atoms with Crippen LogP contribution in [0.15, 0.2) is 23.2 Å². The van der Waals surface area contributed by atoms with E-state index in [0.717, 1.165) is 42.1 Å². The van der Waals surface area contributed by atoms with Crippen molar-refractivity contribution in [3.8, 4) is 11.5 Å². The number of nitrogens with zero attached hydrogens (tertiary/aromatic N) is 4. The summed E-state index contributed by atoms with van der Waals surface area (Å²) in [7, 11) is 1.97. The predicted molar refractivity (Wildman–Crippen MR) is 107 cm³/mol. The fourth-order valence-electron chi connectivity index (χ4n) is 3.58. The number of hydrogen-bond donors (Lipinski definition) is 2. The van der Waals surface area contributed by atoms with Crippen LogP contribution in [0.2, 0.25) is 0 Å². The van der Waals surface area contributed by atoms with E-state index in [1.807, 2.05) is 30.7 Å². The van der Waals surface area contributed by atoms with E-state index in [1.165, 1.54) is 31.2 Å². The van der Waals surface area contributed by atoms with E-state index in [4.69, 9.17) is 14.5 Å². The second-order valence-electron chi connectivity index (χ2n) is 7.38. The zero-order chi connectivity index (χ0) is 19.3. The summed E-state index contributed by atoms with van der Waals surface area (Å²) < 4.78 is 12.8. The largest absolute Gasteiger partial charge is 0.454 e. The Hall–Kier alpha value is -2.77. The lowest BCUT2D eigenvalue weighted by molar-refractivity contribution is 0.174. The van der Waals surface area contributed by atoms with E-state index in [9.17, 15) is 0 Å². The lowest BCUT2D eigenvalue weighted by Gasteiger charge is -2.17. The highest BCUT2D eigenvalue weighted by Crippen LogP contribution is 2.32. The van der Waals surface area contributed by atoms with Crippen molar-refractivity contribution in [2.24, 2.45) is 12.0 Å². The Balaban J connectivity index is 1.37. The van der Waals surface area contributed by atoms with Gasteiger partial charge in [-0.2, -0.15) is 0 Å². The van der Waals surface area contributed by atoms with Crippen molar-refractivity contribution >= 4 is 5.96 Å². The van der Waals surface area contributed by atoms with Gasteiger partial charge in [0.2, 0.25) is 6.79 Å². The summed E-state index contributed by atoms with van der Waals surface area (Å²) in [5.74, 6) is 4.24. The fraction of sp³-hybridized carbons (Fsp3) is 0.550. The number of hydrogen-bond acceptors (Lipinski definition) is 5. The molecule has 2 aromatic rings. The number of nitrogens with one attached hydrogen (secondary N) is 2. The van der Waals surface area contributed by atoms with Crippen molar-refractivity contribution in [3.05, 3.63) is 35.4 Å². The second kappa shape index (κ2) is 8.50. The molecule has 28 heavy (non-hydrogen) atoms. The van der Waals surface area contributed by atoms with Gasteiger partial charge in [0.05, 0.1) is 0 Å². The third-order valence-corrected chi connectivity index (χ3v) is 5.40. The molecule has 150 valence electrons. The van der Waals surface area contributed by atoms with Gasteiger partial charge in [-0.15, -0.1) is 10.2 Å². The minimum Gasteiger partial charge on any atom is -0.454 e. The van der Waals surface area contributed by atoms with Crippen molar-refractivity contribution in [2.75, 3.05) is 13.3 Å². The average Bonchev–Trinajstić information content (AvgIpc) is 3.43. The highest BCUT2D eigenvalue weighted by Gasteiger charge is 2.17. The summed E-state index contributed by atoms with van der Waals surface area (Å²) in [5, 5.41) is 15.4. The van der Waals surface area contributed by atoms with Gasteiger partial charge >= 0.3 is 0 Å². The standard InChI is InChI=1S/C20H28N6O2/c1-14-24-25-19(26(14)2)12-22-20(23-16-5-3-4-6-16)21-10-9-15-7-8-17-18(11-15)28-13-27-17/h7-8,11,16H,3-6,9-10,12-13H2,1-2H3,(H2,21,22,23). The molecule has 2 N–H and O–H groups in total. The summed E-state index contributed by atoms with van der Waals surface area (Å²) in [6.07, 6.45) is 5.85. The summed E-state index contributed by atoms with van der Waals surface area (Å²) in [6.45, 7) is 3.54. The van der Waals surface area contributed by atoms with Gasteiger partial charge in [-0.05, 0) is 43.9 Å². The van der Waals surface area contributed by atoms with Gasteiger partial charge in [0.1, 0.15) is 12.4 Å². The molecular formula is C20H28N6O2. The van der Waals surface area contributed by atoms with Crippen LogP contribution in [0.5, 0.6) is 11.5 Å². The Kier molecular flexibility index (Phi) is 5.64. The summed E-state index contributed by atoms with van der Waals surface area (Å²) >= 11 is 0. The zero-order valence-electron chi connectivity index (χ0n) is 16.6. The quantitative estimate of drug-likeness (QED) is 0.586. The second-order valence-corrected chi connectivity index (χ2v) is 7.38. The van der Waals surface area contributed by atoms with Crippen LogP contribution in [0.25, 0.3) is 0 Å². The Labute approximate surface area is 165 Å². The maximum absolute atomic E-state index is 5.46. The van der Waals surface area contributed by atoms with Gasteiger partial charge in [-0.1, -0.05) is 18.9 Å². The zero-order valence-corrected chi connectivity index (χ0v) is 16.6. The number of ether oxygens (including phenoxy) is 2. The highest BCUT2D eigenvalue weighted by atomic mass is 16.7. The monoisotopic (exact) mass is 384 g/mol. The van der Waals surface area contributed by atoms with E-state index in [0.29, 0.717) is 19.4 Å². The van der Waals surface area contributed by atoms with Crippen molar-refractivity contribution in [3.63, 3.8) is 0 Å². The van der Waals surface area contributed by atoms with E-state index >= 15 is 0 Å². The van der Waals surface area contributed by atoms with Gasteiger partial charge in [-0.25, -0.2) is 4.99 Å². The number of rotatable bonds is 6. The van der Waals surface area contributed by atoms with Crippen LogP contribution in [-0.4, -0.2) is 40.1 Å². The first kappa shape index (κ1) is 18.6. The molecule has 1 fully saturated rings.